The summed E-state index contributed by atoms with van der Waals surface area (Å²) in [7, 11) is 1.55. The van der Waals surface area contributed by atoms with Crippen molar-refractivity contribution in [1.82, 2.24) is 10.2 Å². The molecule has 0 radical (unpaired) electrons. The van der Waals surface area contributed by atoms with Gasteiger partial charge in [0.1, 0.15) is 0 Å². The van der Waals surface area contributed by atoms with Crippen LogP contribution in [-0.4, -0.2) is 61.3 Å². The lowest BCUT2D eigenvalue weighted by atomic mass is 10.1. The molecular weight excluding hydrogens is 260 g/mol. The molecule has 0 aromatic heterocycles. The van der Waals surface area contributed by atoms with E-state index < -0.39 is 5.97 Å². The Morgan fingerprint density at radius 3 is 2.55 bits per heavy atom. The number of methoxy groups -OCH3 is 1. The molecule has 0 saturated carbocycles. The number of carboxylic acids is 1. The summed E-state index contributed by atoms with van der Waals surface area (Å²) in [6.07, 6.45) is 4.38. The summed E-state index contributed by atoms with van der Waals surface area (Å²) in [5.41, 5.74) is 0. The van der Waals surface area contributed by atoms with E-state index in [-0.39, 0.29) is 25.0 Å². The molecule has 0 aromatic rings. The lowest BCUT2D eigenvalue weighted by molar-refractivity contribution is -0.138. The fourth-order valence-corrected chi connectivity index (χ4v) is 1.92. The summed E-state index contributed by atoms with van der Waals surface area (Å²) >= 11 is 0. The van der Waals surface area contributed by atoms with Crippen LogP contribution in [0.3, 0.4) is 0 Å². The van der Waals surface area contributed by atoms with E-state index in [0.29, 0.717) is 13.2 Å². The molecule has 0 fully saturated rings. The number of unbranched alkanes of at least 4 members (excludes halogenated alkanes) is 2. The van der Waals surface area contributed by atoms with Crippen molar-refractivity contribution in [1.29, 1.82) is 0 Å². The molecule has 0 aliphatic carbocycles. The predicted octanol–water partition coefficient (Wildman–Crippen LogP) is 1.10. The van der Waals surface area contributed by atoms with Gasteiger partial charge in [-0.1, -0.05) is 26.2 Å². The van der Waals surface area contributed by atoms with E-state index in [2.05, 4.69) is 12.2 Å². The van der Waals surface area contributed by atoms with Crippen molar-refractivity contribution >= 4 is 11.9 Å². The van der Waals surface area contributed by atoms with E-state index in [1.165, 1.54) is 6.42 Å². The number of amides is 1. The molecule has 0 aliphatic heterocycles. The molecule has 0 spiro atoms. The lowest BCUT2D eigenvalue weighted by Crippen LogP contribution is -2.43. The third-order valence-corrected chi connectivity index (χ3v) is 2.99. The summed E-state index contributed by atoms with van der Waals surface area (Å²) in [6, 6.07) is 0.128. The Balaban J connectivity index is 4.06. The number of rotatable bonds is 12. The van der Waals surface area contributed by atoms with Gasteiger partial charge in [-0.3, -0.25) is 14.5 Å². The molecule has 20 heavy (non-hydrogen) atoms. The van der Waals surface area contributed by atoms with Crippen LogP contribution < -0.4 is 5.32 Å². The van der Waals surface area contributed by atoms with E-state index in [9.17, 15) is 9.59 Å². The second-order valence-corrected chi connectivity index (χ2v) is 5.06. The minimum Gasteiger partial charge on any atom is -0.480 e. The summed E-state index contributed by atoms with van der Waals surface area (Å²) in [6.45, 7) is 4.90. The van der Waals surface area contributed by atoms with Gasteiger partial charge in [-0.25, -0.2) is 0 Å². The van der Waals surface area contributed by atoms with E-state index in [1.807, 2.05) is 6.92 Å². The summed E-state index contributed by atoms with van der Waals surface area (Å²) < 4.78 is 4.92. The highest BCUT2D eigenvalue weighted by molar-refractivity contribution is 5.79. The monoisotopic (exact) mass is 288 g/mol. The molecule has 6 heteroatoms. The van der Waals surface area contributed by atoms with Crippen molar-refractivity contribution in [2.75, 3.05) is 33.4 Å². The molecule has 1 atom stereocenters. The van der Waals surface area contributed by atoms with Crippen LogP contribution in [0, 0.1) is 0 Å². The third kappa shape index (κ3) is 10.8. The highest BCUT2D eigenvalue weighted by atomic mass is 16.5. The first-order valence-corrected chi connectivity index (χ1v) is 7.22. The second kappa shape index (κ2) is 11.7. The van der Waals surface area contributed by atoms with Crippen LogP contribution in [0.1, 0.15) is 39.5 Å². The molecule has 118 valence electrons. The van der Waals surface area contributed by atoms with Crippen LogP contribution in [0.2, 0.25) is 0 Å². The zero-order valence-electron chi connectivity index (χ0n) is 12.9. The van der Waals surface area contributed by atoms with Gasteiger partial charge in [0.05, 0.1) is 19.7 Å². The van der Waals surface area contributed by atoms with Crippen LogP contribution >= 0.6 is 0 Å². The van der Waals surface area contributed by atoms with Crippen LogP contribution in [0.4, 0.5) is 0 Å². The summed E-state index contributed by atoms with van der Waals surface area (Å²) in [5.74, 6) is -1.07. The maximum atomic E-state index is 11.9. The molecule has 0 bridgehead atoms. The first-order valence-electron chi connectivity index (χ1n) is 7.22. The lowest BCUT2D eigenvalue weighted by Gasteiger charge is -2.21. The van der Waals surface area contributed by atoms with Crippen LogP contribution in [0.5, 0.6) is 0 Å². The van der Waals surface area contributed by atoms with Crippen molar-refractivity contribution in [3.8, 4) is 0 Å². The van der Waals surface area contributed by atoms with E-state index in [0.717, 1.165) is 19.3 Å². The minimum absolute atomic E-state index is 0.0910. The van der Waals surface area contributed by atoms with Crippen LogP contribution in [-0.2, 0) is 14.3 Å². The van der Waals surface area contributed by atoms with Crippen molar-refractivity contribution < 1.29 is 19.4 Å². The number of hydrogen-bond donors (Lipinski definition) is 2. The maximum absolute atomic E-state index is 11.9. The fourth-order valence-electron chi connectivity index (χ4n) is 1.92. The zero-order valence-corrected chi connectivity index (χ0v) is 12.9. The second-order valence-electron chi connectivity index (χ2n) is 5.06. The maximum Gasteiger partial charge on any atom is 0.317 e. The highest BCUT2D eigenvalue weighted by Crippen LogP contribution is 2.02. The summed E-state index contributed by atoms with van der Waals surface area (Å²) in [5, 5.41) is 11.7. The Kier molecular flexibility index (Phi) is 11.0. The Morgan fingerprint density at radius 2 is 2.00 bits per heavy atom. The molecule has 0 heterocycles. The molecule has 0 aliphatic rings. The van der Waals surface area contributed by atoms with Gasteiger partial charge in [0.15, 0.2) is 0 Å². The molecular formula is C14H28N2O4. The summed E-state index contributed by atoms with van der Waals surface area (Å²) in [4.78, 5) is 24.2. The zero-order chi connectivity index (χ0) is 15.4. The molecule has 1 amide bonds. The van der Waals surface area contributed by atoms with Gasteiger partial charge < -0.3 is 15.2 Å². The SMILES string of the molecule is CCCCCC(C)NC(=O)CN(CCOC)CC(=O)O. The molecule has 6 nitrogen and oxygen atoms in total. The van der Waals surface area contributed by atoms with Crippen molar-refractivity contribution in [3.63, 3.8) is 0 Å². The van der Waals surface area contributed by atoms with Crippen molar-refractivity contribution in [3.05, 3.63) is 0 Å². The Bertz CT molecular complexity index is 284. The smallest absolute Gasteiger partial charge is 0.317 e. The van der Waals surface area contributed by atoms with Gasteiger partial charge in [-0.05, 0) is 13.3 Å². The number of carbonyl (C=O) groups excluding carboxylic acids is 1. The average Bonchev–Trinajstić information content (AvgIpc) is 2.35. The number of carbonyl (C=O) groups is 2. The molecule has 0 aromatic carbocycles. The van der Waals surface area contributed by atoms with Gasteiger partial charge in [0.25, 0.3) is 0 Å². The van der Waals surface area contributed by atoms with E-state index in [4.69, 9.17) is 9.84 Å². The minimum atomic E-state index is -0.940. The van der Waals surface area contributed by atoms with Gasteiger partial charge in [-0.2, -0.15) is 0 Å². The fraction of sp³-hybridized carbons (Fsp3) is 0.857. The normalized spacial score (nSPS) is 12.4. The van der Waals surface area contributed by atoms with Crippen LogP contribution in [0.15, 0.2) is 0 Å². The number of nitrogens with zero attached hydrogens (tertiary/aromatic N) is 1. The third-order valence-electron chi connectivity index (χ3n) is 2.99. The average molecular weight is 288 g/mol. The first kappa shape index (κ1) is 18.9. The van der Waals surface area contributed by atoms with Gasteiger partial charge in [0, 0.05) is 19.7 Å². The molecule has 1 unspecified atom stereocenters. The number of aliphatic carboxylic acids is 1. The molecule has 0 rings (SSSR count). The predicted molar refractivity (Wildman–Crippen MR) is 77.7 cm³/mol. The number of carboxylic acid groups (broad SMARTS) is 1. The van der Waals surface area contributed by atoms with Crippen molar-refractivity contribution in [2.45, 2.75) is 45.6 Å². The van der Waals surface area contributed by atoms with Gasteiger partial charge >= 0.3 is 5.97 Å². The Morgan fingerprint density at radius 1 is 1.30 bits per heavy atom. The molecule has 2 N–H and O–H groups in total. The Labute approximate surface area is 121 Å². The Hall–Kier alpha value is -1.14. The quantitative estimate of drug-likeness (QED) is 0.526. The van der Waals surface area contributed by atoms with Crippen LogP contribution in [0.25, 0.3) is 0 Å². The van der Waals surface area contributed by atoms with Crippen molar-refractivity contribution in [2.24, 2.45) is 0 Å². The number of ether oxygens (including phenoxy) is 1. The highest BCUT2D eigenvalue weighted by Gasteiger charge is 2.15. The van der Waals surface area contributed by atoms with E-state index in [1.54, 1.807) is 12.0 Å². The number of nitrogens with one attached hydrogen (secondary N) is 1. The standard InChI is InChI=1S/C14H28N2O4/c1-4-5-6-7-12(2)15-13(17)10-16(8-9-20-3)11-14(18)19/h12H,4-11H2,1-3H3,(H,15,17)(H,18,19). The topological polar surface area (TPSA) is 78.9 Å². The van der Waals surface area contributed by atoms with E-state index >= 15 is 0 Å². The number of hydrogen-bond acceptors (Lipinski definition) is 4. The largest absolute Gasteiger partial charge is 0.480 e. The molecule has 0 saturated heterocycles. The first-order chi connectivity index (χ1) is 9.49. The van der Waals surface area contributed by atoms with Gasteiger partial charge in [-0.15, -0.1) is 0 Å². The van der Waals surface area contributed by atoms with Gasteiger partial charge in [0.2, 0.25) is 5.91 Å².